The summed E-state index contributed by atoms with van der Waals surface area (Å²) < 4.78 is 13.8. The predicted molar refractivity (Wildman–Crippen MR) is 342 cm³/mol. The molecule has 0 N–H and O–H groups in total. The summed E-state index contributed by atoms with van der Waals surface area (Å²) in [6, 6.07) is 99.0. The quantitative estimate of drug-likeness (QED) is 0.0864. The summed E-state index contributed by atoms with van der Waals surface area (Å²) in [7, 11) is -2.29. The molecule has 0 bridgehead atoms. The Kier molecular flexibility index (Phi) is 11.6. The summed E-state index contributed by atoms with van der Waals surface area (Å²) in [5.41, 5.74) is 22.0. The molecular formula is C74H49BN6OPtSi-2. The number of imidazole rings is 1. The van der Waals surface area contributed by atoms with Crippen LogP contribution in [0.4, 0.5) is 34.1 Å². The molecule has 11 aromatic carbocycles. The fraction of sp³-hybridized carbons (Fsp3) is 0.0270. The molecule has 0 atom stereocenters. The van der Waals surface area contributed by atoms with Gasteiger partial charge in [-0.3, -0.25) is 4.57 Å². The maximum Gasteiger partial charge on any atom is 0.268 e. The van der Waals surface area contributed by atoms with Crippen LogP contribution in [0.3, 0.4) is 0 Å². The fourth-order valence-corrected chi connectivity index (χ4v) is 16.7. The number of para-hydroxylation sites is 6. The van der Waals surface area contributed by atoms with Crippen molar-refractivity contribution >= 4 is 109 Å². The van der Waals surface area contributed by atoms with E-state index in [0.29, 0.717) is 11.5 Å². The number of pyridine rings is 1. The second-order valence-corrected chi connectivity index (χ2v) is 26.6. The van der Waals surface area contributed by atoms with Crippen molar-refractivity contribution in [2.24, 2.45) is 0 Å². The zero-order valence-corrected chi connectivity index (χ0v) is 49.1. The van der Waals surface area contributed by atoms with Gasteiger partial charge in [0.25, 0.3) is 13.0 Å². The first-order valence-electron chi connectivity index (χ1n) is 28.3. The van der Waals surface area contributed by atoms with Crippen molar-refractivity contribution in [2.75, 3.05) is 9.80 Å². The topological polar surface area (TPSA) is 42.3 Å². The van der Waals surface area contributed by atoms with Gasteiger partial charge in [0.2, 0.25) is 0 Å². The van der Waals surface area contributed by atoms with Gasteiger partial charge in [0.15, 0.2) is 0 Å². The van der Waals surface area contributed by atoms with Crippen LogP contribution >= 0.6 is 0 Å². The molecule has 3 aromatic heterocycles. The van der Waals surface area contributed by atoms with Gasteiger partial charge in [0.05, 0.1) is 27.9 Å². The van der Waals surface area contributed by atoms with E-state index < -0.39 is 8.07 Å². The van der Waals surface area contributed by atoms with Gasteiger partial charge >= 0.3 is 0 Å². The summed E-state index contributed by atoms with van der Waals surface area (Å²) in [6.45, 7) is 4.86. The third-order valence-corrected chi connectivity index (χ3v) is 20.9. The van der Waals surface area contributed by atoms with Crippen LogP contribution in [0.15, 0.2) is 261 Å². The largest absolute Gasteiger partial charge is 0.510 e. The van der Waals surface area contributed by atoms with Gasteiger partial charge < -0.3 is 23.7 Å². The number of rotatable bonds is 8. The van der Waals surface area contributed by atoms with Crippen molar-refractivity contribution in [1.29, 1.82) is 0 Å². The van der Waals surface area contributed by atoms with Crippen LogP contribution in [0.1, 0.15) is 0 Å². The van der Waals surface area contributed by atoms with Crippen LogP contribution in [0.25, 0.3) is 72.3 Å². The second-order valence-electron chi connectivity index (χ2n) is 22.2. The minimum atomic E-state index is -2.29. The van der Waals surface area contributed by atoms with E-state index in [0.717, 1.165) is 106 Å². The molecule has 0 saturated carbocycles. The second kappa shape index (κ2) is 19.4. The predicted octanol–water partition coefficient (Wildman–Crippen LogP) is 14.1. The Bertz CT molecular complexity index is 4880. The van der Waals surface area contributed by atoms with E-state index in [2.05, 4.69) is 304 Å². The number of nitrogens with zero attached hydrogens (tertiary/aromatic N) is 6. The van der Waals surface area contributed by atoms with Crippen molar-refractivity contribution < 1.29 is 30.4 Å². The van der Waals surface area contributed by atoms with Crippen LogP contribution in [0.5, 0.6) is 11.5 Å². The summed E-state index contributed by atoms with van der Waals surface area (Å²) in [4.78, 5) is 10.2. The van der Waals surface area contributed by atoms with Crippen LogP contribution in [0.2, 0.25) is 13.1 Å². The molecule has 17 rings (SSSR count). The summed E-state index contributed by atoms with van der Waals surface area (Å²) in [5.74, 6) is 1.16. The Morgan fingerprint density at radius 3 is 1.81 bits per heavy atom. The number of aromatic nitrogens is 4. The van der Waals surface area contributed by atoms with Gasteiger partial charge in [-0.2, -0.15) is 12.1 Å². The van der Waals surface area contributed by atoms with Crippen LogP contribution in [0, 0.1) is 18.5 Å². The molecule has 7 nitrogen and oxygen atoms in total. The average Bonchev–Trinajstić information content (AvgIpc) is 1.30. The van der Waals surface area contributed by atoms with E-state index in [1.54, 1.807) is 0 Å². The SMILES string of the molecule is C[Si]1(C)c2ccc(Oc3[c-]c(-n4c5cc6c7c(c5c5cccnc54)N(c4ccccc4)c4ccccc4B7c4ccccc4N6c4ccccc4)ccc3)[c-]c2-n2[c-][n+](-c3c(-c4ccccc4)cccc3-c3ccccc3)c3cccc1c32.[Pt]. The van der Waals surface area contributed by atoms with Gasteiger partial charge in [-0.05, 0) is 98.9 Å². The molecule has 0 unspecified atom stereocenters. The van der Waals surface area contributed by atoms with Crippen molar-refractivity contribution in [2.45, 2.75) is 13.1 Å². The molecule has 3 aliphatic heterocycles. The minimum absolute atomic E-state index is 0. The number of hydrogen-bond acceptors (Lipinski definition) is 4. The summed E-state index contributed by atoms with van der Waals surface area (Å²) in [5, 5.41) is 4.79. The normalized spacial score (nSPS) is 13.3. The van der Waals surface area contributed by atoms with Crippen LogP contribution in [-0.4, -0.2) is 28.9 Å². The number of fused-ring (bicyclic) bond motifs is 10. The molecule has 0 radical (unpaired) electrons. The van der Waals surface area contributed by atoms with E-state index >= 15 is 0 Å². The molecule has 3 aliphatic rings. The molecule has 0 spiro atoms. The molecule has 84 heavy (non-hydrogen) atoms. The van der Waals surface area contributed by atoms with Crippen molar-refractivity contribution in [3.05, 3.63) is 279 Å². The number of ether oxygens (including phenoxy) is 1. The first-order valence-corrected chi connectivity index (χ1v) is 31.3. The van der Waals surface area contributed by atoms with Crippen LogP contribution < -0.4 is 45.9 Å². The molecule has 6 heterocycles. The molecule has 14 aromatic rings. The Hall–Kier alpha value is -9.79. The molecular weight excluding hydrogens is 1220 g/mol. The first kappa shape index (κ1) is 50.0. The number of benzene rings is 11. The Labute approximate surface area is 502 Å². The maximum atomic E-state index is 7.01. The minimum Gasteiger partial charge on any atom is -0.510 e. The monoisotopic (exact) mass is 1270 g/mol. The van der Waals surface area contributed by atoms with Crippen molar-refractivity contribution in [1.82, 2.24) is 14.1 Å². The van der Waals surface area contributed by atoms with Gasteiger partial charge in [-0.25, -0.2) is 4.98 Å². The van der Waals surface area contributed by atoms with Gasteiger partial charge in [-0.15, -0.1) is 35.5 Å². The van der Waals surface area contributed by atoms with Crippen LogP contribution in [-0.2, 0) is 21.1 Å². The number of anilines is 6. The van der Waals surface area contributed by atoms with E-state index in [-0.39, 0.29) is 27.8 Å². The van der Waals surface area contributed by atoms with Crippen molar-refractivity contribution in [3.63, 3.8) is 0 Å². The van der Waals surface area contributed by atoms with Gasteiger partial charge in [0.1, 0.15) is 5.65 Å². The van der Waals surface area contributed by atoms with E-state index in [9.17, 15) is 0 Å². The molecule has 0 fully saturated rings. The standard InChI is InChI=1S/C74H49BN6OSi.Pt/c1-83(2)67-43-42-55(46-64(67)78-48-77(63-40-21-41-68(83)72(63)78)71-56(49-23-7-3-8-24-49)33-20-34-57(71)50-25-9-4-10-26-50)82-54-32-19-31-53(45-54)81-65-47-66-70-73(69(65)58-35-22-44-76-74(58)81)80(52-29-13-6-14-30-52)62-39-18-16-37-60(62)75(70)59-36-15-17-38-61(59)79(66)51-27-11-5-12-28-51;/h3-44,47H,1-2H3;/q-2;. The van der Waals surface area contributed by atoms with E-state index in [4.69, 9.17) is 9.72 Å². The van der Waals surface area contributed by atoms with Gasteiger partial charge in [-0.1, -0.05) is 194 Å². The van der Waals surface area contributed by atoms with E-state index in [1.807, 2.05) is 12.3 Å². The zero-order chi connectivity index (χ0) is 54.9. The van der Waals surface area contributed by atoms with Gasteiger partial charge in [0, 0.05) is 86.0 Å². The smallest absolute Gasteiger partial charge is 0.268 e. The Morgan fingerprint density at radius 2 is 1.12 bits per heavy atom. The molecule has 0 saturated heterocycles. The zero-order valence-electron chi connectivity index (χ0n) is 45.8. The fourth-order valence-electron chi connectivity index (χ4n) is 13.8. The molecule has 0 aliphatic carbocycles. The van der Waals surface area contributed by atoms with E-state index in [1.165, 1.54) is 26.8 Å². The number of hydrogen-bond donors (Lipinski definition) is 0. The third-order valence-electron chi connectivity index (χ3n) is 17.4. The molecule has 0 amide bonds. The third kappa shape index (κ3) is 7.42. The Morgan fingerprint density at radius 1 is 0.524 bits per heavy atom. The molecule has 10 heteroatoms. The first-order chi connectivity index (χ1) is 41.0. The summed E-state index contributed by atoms with van der Waals surface area (Å²) >= 11 is 0. The van der Waals surface area contributed by atoms with Crippen molar-refractivity contribution in [3.8, 4) is 50.8 Å². The maximum absolute atomic E-state index is 7.01. The average molecular weight is 1270 g/mol. The molecule has 400 valence electrons. The Balaban J connectivity index is 0.00000577. The summed E-state index contributed by atoms with van der Waals surface area (Å²) in [6.07, 6.45) is 5.83.